The van der Waals surface area contributed by atoms with Crippen LogP contribution in [0.3, 0.4) is 0 Å². The van der Waals surface area contributed by atoms with Gasteiger partial charge in [0.05, 0.1) is 33.3 Å². The monoisotopic (exact) mass is 508 g/mol. The zero-order valence-electron chi connectivity index (χ0n) is 20.7. The van der Waals surface area contributed by atoms with Crippen molar-refractivity contribution in [1.82, 2.24) is 19.6 Å². The molecular formula is C24H36N4O8. The molecule has 3 N–H and O–H groups in total. The van der Waals surface area contributed by atoms with E-state index in [4.69, 9.17) is 4.74 Å². The van der Waals surface area contributed by atoms with Gasteiger partial charge in [0.1, 0.15) is 5.75 Å². The summed E-state index contributed by atoms with van der Waals surface area (Å²) in [6.07, 6.45) is 0.183. The lowest BCUT2D eigenvalue weighted by Gasteiger charge is -2.32. The predicted octanol–water partition coefficient (Wildman–Crippen LogP) is -0.718. The summed E-state index contributed by atoms with van der Waals surface area (Å²) in [5.74, 6) is -2.38. The Morgan fingerprint density at radius 3 is 1.39 bits per heavy atom. The molecule has 12 nitrogen and oxygen atoms in total. The van der Waals surface area contributed by atoms with Crippen LogP contribution in [0.5, 0.6) is 5.75 Å². The number of carbonyl (C=O) groups is 4. The van der Waals surface area contributed by atoms with Gasteiger partial charge in [0.15, 0.2) is 5.78 Å². The number of hydrogen-bond donors (Lipinski definition) is 3. The number of ketones is 1. The molecule has 0 unspecified atom stereocenters. The van der Waals surface area contributed by atoms with Crippen LogP contribution >= 0.6 is 0 Å². The van der Waals surface area contributed by atoms with E-state index in [2.05, 4.69) is 0 Å². The van der Waals surface area contributed by atoms with E-state index in [1.54, 1.807) is 27.9 Å². The van der Waals surface area contributed by atoms with Crippen LogP contribution in [0.25, 0.3) is 0 Å². The molecule has 1 fully saturated rings. The molecule has 0 aliphatic carbocycles. The van der Waals surface area contributed by atoms with Gasteiger partial charge in [-0.1, -0.05) is 18.2 Å². The lowest BCUT2D eigenvalue weighted by molar-refractivity contribution is -0.140. The number of carbonyl (C=O) groups excluding carboxylic acids is 1. The minimum Gasteiger partial charge on any atom is -0.496 e. The molecule has 0 atom stereocenters. The summed E-state index contributed by atoms with van der Waals surface area (Å²) in [7, 11) is 1.55. The molecule has 1 aliphatic heterocycles. The molecule has 0 bridgehead atoms. The molecule has 0 spiro atoms. The number of benzene rings is 1. The highest BCUT2D eigenvalue weighted by molar-refractivity contribution is 5.83. The lowest BCUT2D eigenvalue weighted by atomic mass is 10.1. The van der Waals surface area contributed by atoms with Gasteiger partial charge in [-0.3, -0.25) is 38.8 Å². The van der Waals surface area contributed by atoms with Crippen molar-refractivity contribution in [3.63, 3.8) is 0 Å². The minimum absolute atomic E-state index is 0.0335. The van der Waals surface area contributed by atoms with Crippen molar-refractivity contribution < 1.29 is 39.2 Å². The van der Waals surface area contributed by atoms with Crippen LogP contribution < -0.4 is 4.74 Å². The summed E-state index contributed by atoms with van der Waals surface area (Å²) in [4.78, 5) is 54.0. The molecule has 0 radical (unpaired) electrons. The molecule has 12 heteroatoms. The number of Topliss-reactive ketones (excluding diaryl/α,β-unsaturated/α-hetero) is 1. The third-order valence-corrected chi connectivity index (χ3v) is 5.99. The summed E-state index contributed by atoms with van der Waals surface area (Å²) >= 11 is 0. The maximum atomic E-state index is 12.9. The fourth-order valence-corrected chi connectivity index (χ4v) is 4.15. The highest BCUT2D eigenvalue weighted by Gasteiger charge is 2.21. The van der Waals surface area contributed by atoms with Gasteiger partial charge >= 0.3 is 17.9 Å². The topological polar surface area (TPSA) is 151 Å². The zero-order chi connectivity index (χ0) is 26.5. The van der Waals surface area contributed by atoms with E-state index in [0.29, 0.717) is 58.1 Å². The zero-order valence-corrected chi connectivity index (χ0v) is 20.7. The Bertz CT molecular complexity index is 865. The lowest BCUT2D eigenvalue weighted by Crippen LogP contribution is -2.49. The normalized spacial score (nSPS) is 17.6. The largest absolute Gasteiger partial charge is 0.496 e. The molecule has 1 aromatic carbocycles. The van der Waals surface area contributed by atoms with Crippen LogP contribution in [0.15, 0.2) is 24.3 Å². The number of rotatable bonds is 11. The molecule has 0 saturated carbocycles. The highest BCUT2D eigenvalue weighted by Crippen LogP contribution is 2.18. The number of methoxy groups -OCH3 is 1. The Morgan fingerprint density at radius 2 is 1.03 bits per heavy atom. The molecule has 1 aliphatic rings. The number of nitrogens with zero attached hydrogens (tertiary/aromatic N) is 4. The van der Waals surface area contributed by atoms with Crippen molar-refractivity contribution in [2.24, 2.45) is 0 Å². The maximum absolute atomic E-state index is 12.9. The average molecular weight is 509 g/mol. The maximum Gasteiger partial charge on any atom is 0.317 e. The molecule has 1 saturated heterocycles. The third kappa shape index (κ3) is 11.1. The van der Waals surface area contributed by atoms with Crippen molar-refractivity contribution in [1.29, 1.82) is 0 Å². The van der Waals surface area contributed by atoms with Crippen molar-refractivity contribution in [2.75, 3.05) is 85.6 Å². The summed E-state index contributed by atoms with van der Waals surface area (Å²) in [6, 6.07) is 7.29. The van der Waals surface area contributed by atoms with Crippen LogP contribution in [-0.4, -0.2) is 144 Å². The summed E-state index contributed by atoms with van der Waals surface area (Å²) in [6.45, 7) is 2.39. The van der Waals surface area contributed by atoms with Gasteiger partial charge in [0, 0.05) is 64.3 Å². The van der Waals surface area contributed by atoms with Crippen LogP contribution in [-0.2, 0) is 25.6 Å². The van der Waals surface area contributed by atoms with Gasteiger partial charge in [-0.15, -0.1) is 0 Å². The first-order valence-electron chi connectivity index (χ1n) is 11.8. The Morgan fingerprint density at radius 1 is 0.667 bits per heavy atom. The van der Waals surface area contributed by atoms with E-state index in [9.17, 15) is 34.5 Å². The van der Waals surface area contributed by atoms with E-state index >= 15 is 0 Å². The number of para-hydroxylation sites is 1. The first-order valence-corrected chi connectivity index (χ1v) is 11.8. The summed E-state index contributed by atoms with van der Waals surface area (Å²) in [5.41, 5.74) is 0.776. The molecule has 0 amide bonds. The first kappa shape index (κ1) is 29.2. The van der Waals surface area contributed by atoms with Crippen molar-refractivity contribution >= 4 is 23.7 Å². The SMILES string of the molecule is COc1ccccc1CC(=O)CN1CCN(CC(=O)O)CCN(CC(=O)O)CCN(CC(=O)O)CC1. The van der Waals surface area contributed by atoms with Gasteiger partial charge in [-0.25, -0.2) is 0 Å². The molecular weight excluding hydrogens is 472 g/mol. The molecule has 200 valence electrons. The number of hydrogen-bond acceptors (Lipinski definition) is 9. The van der Waals surface area contributed by atoms with E-state index in [0.717, 1.165) is 5.56 Å². The second-order valence-corrected chi connectivity index (χ2v) is 8.81. The molecule has 1 aromatic rings. The quantitative estimate of drug-likeness (QED) is 0.346. The van der Waals surface area contributed by atoms with Gasteiger partial charge in [-0.2, -0.15) is 0 Å². The smallest absolute Gasteiger partial charge is 0.317 e. The van der Waals surface area contributed by atoms with E-state index in [1.165, 1.54) is 0 Å². The third-order valence-electron chi connectivity index (χ3n) is 5.99. The second kappa shape index (κ2) is 15.1. The van der Waals surface area contributed by atoms with Gasteiger partial charge in [0.2, 0.25) is 0 Å². The number of carboxylic acids is 3. The number of aliphatic carboxylic acids is 3. The number of carboxylic acid groups (broad SMARTS) is 3. The Balaban J connectivity index is 2.14. The average Bonchev–Trinajstić information content (AvgIpc) is 2.80. The number of ether oxygens (including phenoxy) is 1. The fraction of sp³-hybridized carbons (Fsp3) is 0.583. The predicted molar refractivity (Wildman–Crippen MR) is 130 cm³/mol. The Kier molecular flexibility index (Phi) is 12.3. The Hall–Kier alpha value is -3.06. The Labute approximate surface area is 210 Å². The fourth-order valence-electron chi connectivity index (χ4n) is 4.15. The standard InChI is InChI=1S/C24H36N4O8/c1-36-21-5-3-2-4-19(21)14-20(29)15-25-6-8-26(16-22(30)31)10-12-28(18-24(34)35)13-11-27(9-7-25)17-23(32)33/h2-5H,6-18H2,1H3,(H,30,31)(H,32,33)(H,34,35). The summed E-state index contributed by atoms with van der Waals surface area (Å²) in [5, 5.41) is 27.9. The van der Waals surface area contributed by atoms with E-state index in [-0.39, 0.29) is 38.4 Å². The second-order valence-electron chi connectivity index (χ2n) is 8.81. The van der Waals surface area contributed by atoms with Crippen molar-refractivity contribution in [3.8, 4) is 5.75 Å². The van der Waals surface area contributed by atoms with Crippen molar-refractivity contribution in [2.45, 2.75) is 6.42 Å². The van der Waals surface area contributed by atoms with Crippen LogP contribution in [0.1, 0.15) is 5.56 Å². The summed E-state index contributed by atoms with van der Waals surface area (Å²) < 4.78 is 5.33. The van der Waals surface area contributed by atoms with Gasteiger partial charge < -0.3 is 20.1 Å². The van der Waals surface area contributed by atoms with Crippen LogP contribution in [0.2, 0.25) is 0 Å². The van der Waals surface area contributed by atoms with Crippen molar-refractivity contribution in [3.05, 3.63) is 29.8 Å². The van der Waals surface area contributed by atoms with Crippen LogP contribution in [0, 0.1) is 0 Å². The molecule has 36 heavy (non-hydrogen) atoms. The first-order chi connectivity index (χ1) is 17.2. The minimum atomic E-state index is -1.00. The van der Waals surface area contributed by atoms with Gasteiger partial charge in [-0.05, 0) is 6.07 Å². The molecule has 0 aromatic heterocycles. The van der Waals surface area contributed by atoms with E-state index < -0.39 is 17.9 Å². The van der Waals surface area contributed by atoms with Crippen LogP contribution in [0.4, 0.5) is 0 Å². The van der Waals surface area contributed by atoms with E-state index in [1.807, 2.05) is 23.1 Å². The molecule has 1 heterocycles. The molecule has 2 rings (SSSR count). The van der Waals surface area contributed by atoms with Gasteiger partial charge in [0.25, 0.3) is 0 Å². The highest BCUT2D eigenvalue weighted by atomic mass is 16.5.